The van der Waals surface area contributed by atoms with Crippen molar-refractivity contribution < 1.29 is 0 Å². The summed E-state index contributed by atoms with van der Waals surface area (Å²) in [7, 11) is 34.2. The van der Waals surface area contributed by atoms with Crippen molar-refractivity contribution in [2.75, 3.05) is 12.5 Å². The van der Waals surface area contributed by atoms with Crippen LogP contribution >= 0.6 is 10.0 Å². The number of fused-ring (bicyclic) bond motifs is 9. The van der Waals surface area contributed by atoms with Crippen molar-refractivity contribution in [1.29, 1.82) is 0 Å². The summed E-state index contributed by atoms with van der Waals surface area (Å²) in [5.41, 5.74) is 36.3. The minimum Gasteiger partial charge on any atom is -0.310 e. The molecule has 0 radical (unpaired) electrons. The zero-order valence-corrected chi connectivity index (χ0v) is 44.3. The minimum absolute atomic E-state index is 1.19. The third-order valence-corrected chi connectivity index (χ3v) is 20.4. The molecule has 0 saturated heterocycles. The molecule has 0 aliphatic carbocycles. The summed E-state index contributed by atoms with van der Waals surface area (Å²) in [6, 6.07) is 34.6. The number of nitrogens with zero attached hydrogens (tertiary/aromatic N) is 2. The highest BCUT2D eigenvalue weighted by atomic mass is 32.3. The molecule has 3 heterocycles. The number of benzene rings is 8. The second-order valence-electron chi connectivity index (χ2n) is 21.0. The lowest BCUT2D eigenvalue weighted by molar-refractivity contribution is 1.17. The number of hydrogen-bond acceptors (Lipinski definition) is 0. The van der Waals surface area contributed by atoms with Crippen LogP contribution in [-0.4, -0.2) is 139 Å². The first-order chi connectivity index (χ1) is 32.3. The molecule has 0 unspecified atom stereocenters. The first-order valence-electron chi connectivity index (χ1n) is 24.5. The topological polar surface area (TPSA) is 9.86 Å². The van der Waals surface area contributed by atoms with E-state index in [9.17, 15) is 0 Å². The van der Waals surface area contributed by atoms with Crippen LogP contribution in [0.25, 0.3) is 88.4 Å². The lowest BCUT2D eigenvalue weighted by atomic mass is 9.61. The molecule has 10 aromatic rings. The summed E-state index contributed by atoms with van der Waals surface area (Å²) < 4.78 is 5.29. The molecule has 1 aliphatic heterocycles. The standard InChI is InChI=1S/C50H51B15N2S/c1-68(2)25-12-4-3-11-23(25)24-14-13-22(17-26(24)68)67-48-30(32-38(57)40(59)42(61)46(65)50(32)67)34(53)28(36(55)44(48)63)27-33(52)29-31-37(56)39(58)41(60)45(64)49(31)66(47(29)43(62)35(27)54)21-10-6-8-19(16-21)18-7-5-9-20(51)15-18/h3-17H,51-65H2,1-2H3. The first-order valence-corrected chi connectivity index (χ1v) is 27.0. The monoisotopic (exact) mass is 877 g/mol. The Balaban J connectivity index is 1.25. The Bertz CT molecular complexity index is 3970. The van der Waals surface area contributed by atoms with Gasteiger partial charge in [-0.25, -0.2) is 0 Å². The van der Waals surface area contributed by atoms with Crippen molar-refractivity contribution in [3.05, 3.63) is 91.0 Å². The highest BCUT2D eigenvalue weighted by Gasteiger charge is 2.33. The van der Waals surface area contributed by atoms with Crippen molar-refractivity contribution >= 4 is 253 Å². The van der Waals surface area contributed by atoms with E-state index in [0.29, 0.717) is 0 Å². The maximum atomic E-state index is 2.67. The summed E-state index contributed by atoms with van der Waals surface area (Å²) >= 11 is 0. The molecular formula is C50H51B15N2S. The van der Waals surface area contributed by atoms with Gasteiger partial charge in [-0.15, -0.1) is 10.9 Å². The van der Waals surface area contributed by atoms with Crippen LogP contribution in [0.15, 0.2) is 101 Å². The van der Waals surface area contributed by atoms with E-state index in [1.807, 2.05) is 0 Å². The quantitative estimate of drug-likeness (QED) is 0.156. The molecule has 2 nitrogen and oxygen atoms in total. The largest absolute Gasteiger partial charge is 0.310 e. The molecule has 0 atom stereocenters. The highest BCUT2D eigenvalue weighted by molar-refractivity contribution is 8.33. The van der Waals surface area contributed by atoms with Gasteiger partial charge in [-0.3, -0.25) is 0 Å². The van der Waals surface area contributed by atoms with Gasteiger partial charge in [-0.2, -0.15) is 10.0 Å². The SMILES string of the molecule is Bc1cccc(-c2cccc(-n3c4c(B)c(B)c(B)c(B)c4c4c(B)c(-c5c(B)c(B)c6c(c5B)c5c(B)c(B)c(B)c(B)c5n6-c5ccc6c(c5)S(C)(C)c5ccccc5-6)c(B)c(B)c43)c2)c1. The number of aromatic nitrogens is 2. The van der Waals surface area contributed by atoms with Gasteiger partial charge in [-0.1, -0.05) is 132 Å². The van der Waals surface area contributed by atoms with E-state index in [0.717, 1.165) is 0 Å². The van der Waals surface area contributed by atoms with Crippen molar-refractivity contribution in [1.82, 2.24) is 9.13 Å². The van der Waals surface area contributed by atoms with Crippen LogP contribution in [0.1, 0.15) is 0 Å². The van der Waals surface area contributed by atoms with Gasteiger partial charge >= 0.3 is 0 Å². The average Bonchev–Trinajstić information content (AvgIpc) is 3.96. The molecule has 2 aromatic heterocycles. The molecule has 0 saturated carbocycles. The Hall–Kier alpha value is -5.32. The van der Waals surface area contributed by atoms with Crippen molar-refractivity contribution in [2.45, 2.75) is 9.79 Å². The Labute approximate surface area is 417 Å². The molecular weight excluding hydrogens is 823 g/mol. The van der Waals surface area contributed by atoms with Gasteiger partial charge in [0, 0.05) is 54.0 Å². The van der Waals surface area contributed by atoms with Crippen LogP contribution < -0.4 is 81.9 Å². The number of rotatable bonds is 4. The van der Waals surface area contributed by atoms with E-state index in [-0.39, 0.29) is 0 Å². The van der Waals surface area contributed by atoms with Crippen LogP contribution in [0.2, 0.25) is 0 Å². The van der Waals surface area contributed by atoms with Crippen LogP contribution in [-0.2, 0) is 0 Å². The maximum Gasteiger partial charge on any atom is 0.141 e. The lowest BCUT2D eigenvalue weighted by Crippen LogP contribution is -2.48. The smallest absolute Gasteiger partial charge is 0.141 e. The predicted octanol–water partition coefficient (Wildman–Crippen LogP) is -12.4. The maximum absolute atomic E-state index is 2.67. The van der Waals surface area contributed by atoms with E-state index in [4.69, 9.17) is 0 Å². The fraction of sp³-hybridized carbons (Fsp3) is 0.0400. The molecule has 68 heavy (non-hydrogen) atoms. The molecule has 0 spiro atoms. The zero-order valence-electron chi connectivity index (χ0n) is 43.5. The van der Waals surface area contributed by atoms with Gasteiger partial charge in [0.1, 0.15) is 118 Å². The fourth-order valence-electron chi connectivity index (χ4n) is 12.9. The first kappa shape index (κ1) is 45.1. The summed E-state index contributed by atoms with van der Waals surface area (Å²) in [4.78, 5) is 2.98. The summed E-state index contributed by atoms with van der Waals surface area (Å²) in [6.07, 6.45) is 4.97. The van der Waals surface area contributed by atoms with Crippen molar-refractivity contribution in [3.63, 3.8) is 0 Å². The van der Waals surface area contributed by atoms with E-state index in [2.05, 4.69) is 230 Å². The second-order valence-corrected chi connectivity index (χ2v) is 24.5. The molecule has 0 bridgehead atoms. The Morgan fingerprint density at radius 1 is 0.324 bits per heavy atom. The summed E-state index contributed by atoms with van der Waals surface area (Å²) in [5, 5.41) is 5.55. The lowest BCUT2D eigenvalue weighted by Gasteiger charge is -2.28. The van der Waals surface area contributed by atoms with Gasteiger partial charge in [0.2, 0.25) is 0 Å². The third kappa shape index (κ3) is 5.95. The van der Waals surface area contributed by atoms with Crippen molar-refractivity contribution in [3.8, 4) is 44.8 Å². The van der Waals surface area contributed by atoms with Crippen LogP contribution in [0.5, 0.6) is 0 Å². The molecule has 1 aliphatic rings. The van der Waals surface area contributed by atoms with Crippen molar-refractivity contribution in [2.24, 2.45) is 0 Å². The Morgan fingerprint density at radius 2 is 0.735 bits per heavy atom. The molecule has 0 amide bonds. The molecule has 0 fully saturated rings. The fourth-order valence-corrected chi connectivity index (χ4v) is 15.4. The third-order valence-electron chi connectivity index (χ3n) is 17.5. The predicted molar refractivity (Wildman–Crippen MR) is 350 cm³/mol. The van der Waals surface area contributed by atoms with Gasteiger partial charge in [-0.05, 0) is 87.0 Å². The highest BCUT2D eigenvalue weighted by Crippen LogP contribution is 2.67. The van der Waals surface area contributed by atoms with Crippen LogP contribution in [0.3, 0.4) is 0 Å². The zero-order chi connectivity index (χ0) is 48.3. The molecule has 8 aromatic carbocycles. The average molecular weight is 874 g/mol. The molecule has 18 heteroatoms. The van der Waals surface area contributed by atoms with Gasteiger partial charge < -0.3 is 9.13 Å². The minimum atomic E-state index is -1.19. The number of hydrogen-bond donors (Lipinski definition) is 0. The Kier molecular flexibility index (Phi) is 10.4. The van der Waals surface area contributed by atoms with E-state index in [1.165, 1.54) is 180 Å². The van der Waals surface area contributed by atoms with E-state index >= 15 is 0 Å². The van der Waals surface area contributed by atoms with Gasteiger partial charge in [0.05, 0.1) is 0 Å². The van der Waals surface area contributed by atoms with E-state index in [1.54, 1.807) is 0 Å². The molecule has 0 N–H and O–H groups in total. The van der Waals surface area contributed by atoms with E-state index < -0.39 is 10.0 Å². The normalized spacial score (nSPS) is 13.4. The summed E-state index contributed by atoms with van der Waals surface area (Å²) in [5.74, 6) is 0. The van der Waals surface area contributed by atoms with Crippen LogP contribution in [0.4, 0.5) is 0 Å². The molecule has 312 valence electrons. The second kappa shape index (κ2) is 15.6. The van der Waals surface area contributed by atoms with Crippen LogP contribution in [0, 0.1) is 0 Å². The molecule has 11 rings (SSSR count). The summed E-state index contributed by atoms with van der Waals surface area (Å²) in [6.45, 7) is 0. The Morgan fingerprint density at radius 3 is 1.25 bits per heavy atom. The van der Waals surface area contributed by atoms with Gasteiger partial charge in [0.25, 0.3) is 0 Å². The van der Waals surface area contributed by atoms with Gasteiger partial charge in [0.15, 0.2) is 0 Å².